The van der Waals surface area contributed by atoms with Crippen molar-refractivity contribution >= 4 is 11.6 Å². The summed E-state index contributed by atoms with van der Waals surface area (Å²) >= 11 is 0. The summed E-state index contributed by atoms with van der Waals surface area (Å²) < 4.78 is 0. The molecule has 0 saturated heterocycles. The number of Topliss-reactive ketones (excluding diaryl/α,β-unsaturated/α-hetero) is 2. The average Bonchev–Trinajstić information content (AvgIpc) is 2.16. The Balaban J connectivity index is 4.82. The lowest BCUT2D eigenvalue weighted by molar-refractivity contribution is -0.137. The number of aliphatic hydroxyl groups is 2. The number of ketones is 2. The monoisotopic (exact) mass is 204 g/mol. The Labute approximate surface area is 81.9 Å². The lowest BCUT2D eigenvalue weighted by Gasteiger charge is -2.29. The van der Waals surface area contributed by atoms with Gasteiger partial charge in [-0.15, -0.1) is 0 Å². The Morgan fingerprint density at radius 2 is 1.79 bits per heavy atom. The standard InChI is InChI=1S/C8H16N2O4/c1-2-5(6(13)3-11)8(9,10)7(14)4-12/h5,11-12H,2-4,9-10H2,1H3. The maximum Gasteiger partial charge on any atom is 0.192 e. The molecule has 0 heterocycles. The van der Waals surface area contributed by atoms with Crippen molar-refractivity contribution in [3.8, 4) is 0 Å². The van der Waals surface area contributed by atoms with Crippen molar-refractivity contribution in [1.82, 2.24) is 0 Å². The molecule has 0 aromatic heterocycles. The summed E-state index contributed by atoms with van der Waals surface area (Å²) in [5.74, 6) is -2.38. The number of hydrogen-bond donors (Lipinski definition) is 4. The Morgan fingerprint density at radius 1 is 1.29 bits per heavy atom. The first kappa shape index (κ1) is 13.2. The van der Waals surface area contributed by atoms with Gasteiger partial charge in [-0.25, -0.2) is 0 Å². The predicted molar refractivity (Wildman–Crippen MR) is 49.1 cm³/mol. The molecule has 1 unspecified atom stereocenters. The molecule has 0 aromatic rings. The summed E-state index contributed by atoms with van der Waals surface area (Å²) in [6.45, 7) is 0.0902. The van der Waals surface area contributed by atoms with E-state index in [1.165, 1.54) is 0 Å². The largest absolute Gasteiger partial charge is 0.389 e. The molecular formula is C8H16N2O4. The van der Waals surface area contributed by atoms with Crippen LogP contribution in [-0.4, -0.2) is 40.7 Å². The van der Waals surface area contributed by atoms with Crippen molar-refractivity contribution < 1.29 is 19.8 Å². The topological polar surface area (TPSA) is 127 Å². The van der Waals surface area contributed by atoms with E-state index in [2.05, 4.69) is 0 Å². The van der Waals surface area contributed by atoms with Crippen LogP contribution in [0.3, 0.4) is 0 Å². The second-order valence-electron chi connectivity index (χ2n) is 3.10. The number of nitrogens with two attached hydrogens (primary N) is 2. The molecule has 0 aliphatic carbocycles. The van der Waals surface area contributed by atoms with Crippen molar-refractivity contribution in [1.29, 1.82) is 0 Å². The van der Waals surface area contributed by atoms with E-state index < -0.39 is 36.4 Å². The summed E-state index contributed by atoms with van der Waals surface area (Å²) in [6, 6.07) is 0. The van der Waals surface area contributed by atoms with E-state index in [9.17, 15) is 9.59 Å². The maximum atomic E-state index is 11.2. The summed E-state index contributed by atoms with van der Waals surface area (Å²) in [5, 5.41) is 17.2. The zero-order chi connectivity index (χ0) is 11.4. The van der Waals surface area contributed by atoms with E-state index in [-0.39, 0.29) is 6.42 Å². The Bertz CT molecular complexity index is 227. The molecule has 0 aliphatic rings. The normalized spacial score (nSPS) is 13.8. The van der Waals surface area contributed by atoms with Crippen LogP contribution in [0.5, 0.6) is 0 Å². The molecule has 14 heavy (non-hydrogen) atoms. The highest BCUT2D eigenvalue weighted by atomic mass is 16.3. The maximum absolute atomic E-state index is 11.2. The van der Waals surface area contributed by atoms with Gasteiger partial charge in [-0.2, -0.15) is 0 Å². The number of aliphatic hydroxyl groups excluding tert-OH is 2. The smallest absolute Gasteiger partial charge is 0.192 e. The van der Waals surface area contributed by atoms with Crippen LogP contribution in [-0.2, 0) is 9.59 Å². The van der Waals surface area contributed by atoms with Crippen LogP contribution in [0.4, 0.5) is 0 Å². The van der Waals surface area contributed by atoms with Crippen molar-refractivity contribution in [2.75, 3.05) is 13.2 Å². The summed E-state index contributed by atoms with van der Waals surface area (Å²) in [4.78, 5) is 22.3. The van der Waals surface area contributed by atoms with Crippen LogP contribution in [0, 0.1) is 5.92 Å². The van der Waals surface area contributed by atoms with E-state index >= 15 is 0 Å². The van der Waals surface area contributed by atoms with Gasteiger partial charge in [0.25, 0.3) is 0 Å². The molecule has 0 bridgehead atoms. The van der Waals surface area contributed by atoms with Gasteiger partial charge in [-0.1, -0.05) is 6.92 Å². The van der Waals surface area contributed by atoms with Crippen LogP contribution in [0.25, 0.3) is 0 Å². The Kier molecular flexibility index (Phi) is 4.86. The number of rotatable bonds is 6. The molecule has 0 aliphatic heterocycles. The van der Waals surface area contributed by atoms with E-state index in [1.807, 2.05) is 0 Å². The zero-order valence-corrected chi connectivity index (χ0v) is 8.06. The summed E-state index contributed by atoms with van der Waals surface area (Å²) in [6.07, 6.45) is 0.234. The van der Waals surface area contributed by atoms with Crippen LogP contribution < -0.4 is 11.5 Å². The van der Waals surface area contributed by atoms with Gasteiger partial charge < -0.3 is 21.7 Å². The highest BCUT2D eigenvalue weighted by molar-refractivity contribution is 5.95. The van der Waals surface area contributed by atoms with Gasteiger partial charge in [0.1, 0.15) is 18.9 Å². The minimum atomic E-state index is -1.90. The van der Waals surface area contributed by atoms with Crippen LogP contribution >= 0.6 is 0 Å². The fourth-order valence-corrected chi connectivity index (χ4v) is 1.27. The molecule has 1 atom stereocenters. The summed E-state index contributed by atoms with van der Waals surface area (Å²) in [7, 11) is 0. The minimum absolute atomic E-state index is 0.234. The molecule has 0 rings (SSSR count). The van der Waals surface area contributed by atoms with Gasteiger partial charge in [0.2, 0.25) is 0 Å². The van der Waals surface area contributed by atoms with Crippen molar-refractivity contribution in [3.63, 3.8) is 0 Å². The molecule has 82 valence electrons. The predicted octanol–water partition coefficient (Wildman–Crippen LogP) is -2.25. The first-order valence-electron chi connectivity index (χ1n) is 4.27. The molecule has 6 N–H and O–H groups in total. The molecule has 0 saturated carbocycles. The average molecular weight is 204 g/mol. The lowest BCUT2D eigenvalue weighted by atomic mass is 9.85. The fraction of sp³-hybridized carbons (Fsp3) is 0.750. The van der Waals surface area contributed by atoms with Crippen molar-refractivity contribution in [2.24, 2.45) is 17.4 Å². The number of carbonyl (C=O) groups excluding carboxylic acids is 2. The van der Waals surface area contributed by atoms with Crippen LogP contribution in [0.15, 0.2) is 0 Å². The Hall–Kier alpha value is -0.820. The molecule has 6 heteroatoms. The van der Waals surface area contributed by atoms with Crippen molar-refractivity contribution in [2.45, 2.75) is 19.0 Å². The van der Waals surface area contributed by atoms with Crippen molar-refractivity contribution in [3.05, 3.63) is 0 Å². The van der Waals surface area contributed by atoms with E-state index in [4.69, 9.17) is 21.7 Å². The highest BCUT2D eigenvalue weighted by Crippen LogP contribution is 2.15. The SMILES string of the molecule is CCC(C(=O)CO)C(N)(N)C(=O)CO. The molecule has 0 fully saturated rings. The molecule has 0 amide bonds. The third-order valence-corrected chi connectivity index (χ3v) is 2.16. The quantitative estimate of drug-likeness (QED) is 0.362. The third-order valence-electron chi connectivity index (χ3n) is 2.16. The van der Waals surface area contributed by atoms with Gasteiger partial charge in [0, 0.05) is 0 Å². The molecular weight excluding hydrogens is 188 g/mol. The molecule has 0 aromatic carbocycles. The number of hydrogen-bond acceptors (Lipinski definition) is 6. The van der Waals surface area contributed by atoms with E-state index in [0.29, 0.717) is 0 Å². The van der Waals surface area contributed by atoms with E-state index in [1.54, 1.807) is 6.92 Å². The first-order valence-corrected chi connectivity index (χ1v) is 4.27. The van der Waals surface area contributed by atoms with Gasteiger partial charge in [-0.05, 0) is 6.42 Å². The molecule has 0 spiro atoms. The van der Waals surface area contributed by atoms with E-state index in [0.717, 1.165) is 0 Å². The summed E-state index contributed by atoms with van der Waals surface area (Å²) in [5.41, 5.74) is 8.98. The van der Waals surface area contributed by atoms with Gasteiger partial charge in [0.15, 0.2) is 11.6 Å². The third kappa shape index (κ3) is 2.58. The van der Waals surface area contributed by atoms with Gasteiger partial charge in [-0.3, -0.25) is 9.59 Å². The zero-order valence-electron chi connectivity index (χ0n) is 8.06. The lowest BCUT2D eigenvalue weighted by Crippen LogP contribution is -2.64. The van der Waals surface area contributed by atoms with Crippen LogP contribution in [0.2, 0.25) is 0 Å². The second-order valence-corrected chi connectivity index (χ2v) is 3.10. The number of carbonyl (C=O) groups is 2. The first-order chi connectivity index (χ1) is 6.41. The molecule has 6 nitrogen and oxygen atoms in total. The highest BCUT2D eigenvalue weighted by Gasteiger charge is 2.40. The molecule has 0 radical (unpaired) electrons. The Morgan fingerprint density at radius 3 is 2.07 bits per heavy atom. The van der Waals surface area contributed by atoms with Gasteiger partial charge in [0.05, 0.1) is 5.92 Å². The minimum Gasteiger partial charge on any atom is -0.389 e. The second kappa shape index (κ2) is 5.16. The van der Waals surface area contributed by atoms with Gasteiger partial charge >= 0.3 is 0 Å². The fourth-order valence-electron chi connectivity index (χ4n) is 1.27. The van der Waals surface area contributed by atoms with Crippen LogP contribution in [0.1, 0.15) is 13.3 Å².